The summed E-state index contributed by atoms with van der Waals surface area (Å²) in [4.78, 5) is 1.18. The van der Waals surface area contributed by atoms with E-state index >= 15 is 0 Å². The lowest BCUT2D eigenvalue weighted by Crippen LogP contribution is -2.42. The summed E-state index contributed by atoms with van der Waals surface area (Å²) in [5.41, 5.74) is 0. The Bertz CT molecular complexity index is 497. The Morgan fingerprint density at radius 1 is 1.28 bits per heavy atom. The molecule has 0 atom stereocenters. The molecule has 1 saturated heterocycles. The Labute approximate surface area is 113 Å². The normalized spacial score (nSPS) is 17.8. The second-order valence-corrected chi connectivity index (χ2v) is 6.83. The molecule has 1 aromatic rings. The zero-order valence-electron chi connectivity index (χ0n) is 10.3. The minimum atomic E-state index is -3.40. The number of piperidine rings is 1. The molecule has 0 spiro atoms. The van der Waals surface area contributed by atoms with Crippen LogP contribution < -0.4 is 10.0 Å². The summed E-state index contributed by atoms with van der Waals surface area (Å²) < 4.78 is 27.5. The fourth-order valence-electron chi connectivity index (χ4n) is 2.06. The number of nitrogens with one attached hydrogen (secondary N) is 2. The third-order valence-corrected chi connectivity index (χ3v) is 5.52. The van der Waals surface area contributed by atoms with Crippen LogP contribution >= 0.6 is 11.8 Å². The Kier molecular flexibility index (Phi) is 4.66. The molecule has 6 heteroatoms. The van der Waals surface area contributed by atoms with Crippen molar-refractivity contribution in [3.8, 4) is 0 Å². The van der Waals surface area contributed by atoms with Gasteiger partial charge in [-0.25, -0.2) is 13.1 Å². The summed E-state index contributed by atoms with van der Waals surface area (Å²) in [7, 11) is -3.40. The van der Waals surface area contributed by atoms with Gasteiger partial charge in [0.1, 0.15) is 0 Å². The third-order valence-electron chi connectivity index (χ3n) is 3.02. The second kappa shape index (κ2) is 6.06. The van der Waals surface area contributed by atoms with Crippen molar-refractivity contribution >= 4 is 21.8 Å². The highest BCUT2D eigenvalue weighted by Crippen LogP contribution is 2.24. The van der Waals surface area contributed by atoms with Crippen molar-refractivity contribution in [2.24, 2.45) is 0 Å². The molecule has 1 aliphatic rings. The maximum absolute atomic E-state index is 12.3. The van der Waals surface area contributed by atoms with Gasteiger partial charge in [0.05, 0.1) is 4.90 Å². The van der Waals surface area contributed by atoms with Gasteiger partial charge in [-0.2, -0.15) is 0 Å². The van der Waals surface area contributed by atoms with Gasteiger partial charge in [-0.1, -0.05) is 12.1 Å². The predicted molar refractivity (Wildman–Crippen MR) is 74.4 cm³/mol. The number of sulfonamides is 1. The van der Waals surface area contributed by atoms with Gasteiger partial charge >= 0.3 is 0 Å². The number of hydrogen-bond donors (Lipinski definition) is 2. The number of hydrogen-bond acceptors (Lipinski definition) is 4. The van der Waals surface area contributed by atoms with Gasteiger partial charge < -0.3 is 5.32 Å². The van der Waals surface area contributed by atoms with Crippen molar-refractivity contribution in [1.29, 1.82) is 0 Å². The highest BCUT2D eigenvalue weighted by Gasteiger charge is 2.23. The van der Waals surface area contributed by atoms with Gasteiger partial charge in [-0.05, 0) is 44.3 Å². The van der Waals surface area contributed by atoms with Crippen molar-refractivity contribution in [1.82, 2.24) is 10.0 Å². The molecule has 2 N–H and O–H groups in total. The van der Waals surface area contributed by atoms with Crippen LogP contribution in [-0.2, 0) is 10.0 Å². The van der Waals surface area contributed by atoms with E-state index in [0.717, 1.165) is 30.8 Å². The van der Waals surface area contributed by atoms with E-state index < -0.39 is 10.0 Å². The van der Waals surface area contributed by atoms with Crippen LogP contribution in [0.2, 0.25) is 0 Å². The summed E-state index contributed by atoms with van der Waals surface area (Å²) in [6.07, 6.45) is 3.58. The lowest BCUT2D eigenvalue weighted by Gasteiger charge is -2.23. The molecule has 0 amide bonds. The molecule has 2 rings (SSSR count). The van der Waals surface area contributed by atoms with E-state index in [-0.39, 0.29) is 6.04 Å². The lowest BCUT2D eigenvalue weighted by atomic mass is 10.1. The topological polar surface area (TPSA) is 58.2 Å². The molecule has 18 heavy (non-hydrogen) atoms. The second-order valence-electron chi connectivity index (χ2n) is 4.30. The summed E-state index contributed by atoms with van der Waals surface area (Å²) >= 11 is 1.45. The molecular weight excluding hydrogens is 268 g/mol. The summed E-state index contributed by atoms with van der Waals surface area (Å²) in [6, 6.07) is 7.16. The fraction of sp³-hybridized carbons (Fsp3) is 0.500. The third kappa shape index (κ3) is 3.26. The van der Waals surface area contributed by atoms with Crippen molar-refractivity contribution in [2.45, 2.75) is 28.7 Å². The van der Waals surface area contributed by atoms with E-state index in [1.54, 1.807) is 12.1 Å². The maximum atomic E-state index is 12.3. The van der Waals surface area contributed by atoms with Crippen LogP contribution in [0, 0.1) is 0 Å². The number of rotatable bonds is 4. The summed E-state index contributed by atoms with van der Waals surface area (Å²) in [5.74, 6) is 0. The molecule has 0 saturated carbocycles. The summed E-state index contributed by atoms with van der Waals surface area (Å²) in [6.45, 7) is 1.74. The average Bonchev–Trinajstić information content (AvgIpc) is 2.39. The van der Waals surface area contributed by atoms with Gasteiger partial charge in [-0.3, -0.25) is 0 Å². The van der Waals surface area contributed by atoms with Crippen molar-refractivity contribution < 1.29 is 8.42 Å². The summed E-state index contributed by atoms with van der Waals surface area (Å²) in [5, 5.41) is 3.22. The monoisotopic (exact) mass is 286 g/mol. The van der Waals surface area contributed by atoms with Crippen molar-refractivity contribution in [3.63, 3.8) is 0 Å². The van der Waals surface area contributed by atoms with Gasteiger partial charge in [-0.15, -0.1) is 11.8 Å². The van der Waals surface area contributed by atoms with E-state index in [9.17, 15) is 8.42 Å². The molecule has 0 radical (unpaired) electrons. The molecule has 4 nitrogen and oxygen atoms in total. The molecule has 1 heterocycles. The van der Waals surface area contributed by atoms with Crippen LogP contribution in [0.15, 0.2) is 34.1 Å². The van der Waals surface area contributed by atoms with Crippen LogP contribution in [-0.4, -0.2) is 33.8 Å². The van der Waals surface area contributed by atoms with Crippen molar-refractivity contribution in [3.05, 3.63) is 24.3 Å². The molecule has 100 valence electrons. The van der Waals surface area contributed by atoms with Gasteiger partial charge in [0.25, 0.3) is 0 Å². The highest BCUT2D eigenvalue weighted by molar-refractivity contribution is 7.99. The zero-order valence-corrected chi connectivity index (χ0v) is 12.0. The molecular formula is C12H18N2O2S2. The SMILES string of the molecule is CSc1ccccc1S(=O)(=O)NC1CCNCC1. The van der Waals surface area contributed by atoms with Crippen LogP contribution in [0.4, 0.5) is 0 Å². The van der Waals surface area contributed by atoms with Crippen LogP contribution in [0.1, 0.15) is 12.8 Å². The molecule has 0 aromatic heterocycles. The van der Waals surface area contributed by atoms with E-state index in [4.69, 9.17) is 0 Å². The molecule has 1 aromatic carbocycles. The van der Waals surface area contributed by atoms with Gasteiger partial charge in [0.15, 0.2) is 0 Å². The first-order valence-electron chi connectivity index (χ1n) is 5.99. The molecule has 1 aliphatic heterocycles. The number of benzene rings is 1. The van der Waals surface area contributed by atoms with Crippen LogP contribution in [0.25, 0.3) is 0 Å². The Morgan fingerprint density at radius 2 is 1.94 bits per heavy atom. The molecule has 0 aliphatic carbocycles. The Balaban J connectivity index is 2.19. The lowest BCUT2D eigenvalue weighted by molar-refractivity contribution is 0.426. The largest absolute Gasteiger partial charge is 0.317 e. The fourth-order valence-corrected chi connectivity index (χ4v) is 4.52. The first kappa shape index (κ1) is 13.9. The average molecular weight is 286 g/mol. The standard InChI is InChI=1S/C12H18N2O2S2/c1-17-11-4-2-3-5-12(11)18(15,16)14-10-6-8-13-9-7-10/h2-5,10,13-14H,6-9H2,1H3. The maximum Gasteiger partial charge on any atom is 0.241 e. The van der Waals surface area contributed by atoms with E-state index in [1.807, 2.05) is 18.4 Å². The smallest absolute Gasteiger partial charge is 0.241 e. The van der Waals surface area contributed by atoms with E-state index in [2.05, 4.69) is 10.0 Å². The number of thioether (sulfide) groups is 1. The molecule has 1 fully saturated rings. The Morgan fingerprint density at radius 3 is 2.61 bits per heavy atom. The highest BCUT2D eigenvalue weighted by atomic mass is 32.2. The van der Waals surface area contributed by atoms with Crippen LogP contribution in [0.3, 0.4) is 0 Å². The quantitative estimate of drug-likeness (QED) is 0.822. The first-order valence-corrected chi connectivity index (χ1v) is 8.70. The van der Waals surface area contributed by atoms with Crippen molar-refractivity contribution in [2.75, 3.05) is 19.3 Å². The van der Waals surface area contributed by atoms with Gasteiger partial charge in [0.2, 0.25) is 10.0 Å². The Hall–Kier alpha value is -0.560. The predicted octanol–water partition coefficient (Wildman–Crippen LogP) is 1.44. The zero-order chi connectivity index (χ0) is 13.0. The van der Waals surface area contributed by atoms with Crippen LogP contribution in [0.5, 0.6) is 0 Å². The molecule has 0 bridgehead atoms. The van der Waals surface area contributed by atoms with E-state index in [0.29, 0.717) is 4.90 Å². The minimum Gasteiger partial charge on any atom is -0.317 e. The van der Waals surface area contributed by atoms with Gasteiger partial charge in [0, 0.05) is 10.9 Å². The first-order chi connectivity index (χ1) is 8.63. The minimum absolute atomic E-state index is 0.0474. The van der Waals surface area contributed by atoms with E-state index in [1.165, 1.54) is 11.8 Å². The molecule has 0 unspecified atom stereocenters.